The average molecular weight is 314 g/mol. The Morgan fingerprint density at radius 2 is 2.04 bits per heavy atom. The summed E-state index contributed by atoms with van der Waals surface area (Å²) in [6, 6.07) is 8.93. The van der Waals surface area contributed by atoms with Gasteiger partial charge in [-0.3, -0.25) is 9.78 Å². The molecule has 0 unspecified atom stereocenters. The Morgan fingerprint density at radius 3 is 2.70 bits per heavy atom. The second kappa shape index (κ2) is 6.16. The monoisotopic (exact) mass is 314 g/mol. The van der Waals surface area contributed by atoms with E-state index in [1.54, 1.807) is 37.5 Å². The number of hydrogen-bond donors (Lipinski definition) is 0. The van der Waals surface area contributed by atoms with Gasteiger partial charge in [-0.15, -0.1) is 0 Å². The Bertz CT molecular complexity index is 718. The molecule has 0 aliphatic carbocycles. The van der Waals surface area contributed by atoms with Crippen LogP contribution in [-0.2, 0) is 9.53 Å². The van der Waals surface area contributed by atoms with E-state index in [1.165, 1.54) is 23.2 Å². The third-order valence-corrected chi connectivity index (χ3v) is 3.93. The van der Waals surface area contributed by atoms with E-state index in [9.17, 15) is 14.0 Å². The molecule has 1 amide bonds. The fourth-order valence-corrected chi connectivity index (χ4v) is 2.67. The van der Waals surface area contributed by atoms with E-state index >= 15 is 0 Å². The molecular weight excluding hydrogens is 299 g/mol. The van der Waals surface area contributed by atoms with Crippen LogP contribution in [0.2, 0.25) is 0 Å². The molecule has 1 aromatic carbocycles. The first-order chi connectivity index (χ1) is 11.1. The first kappa shape index (κ1) is 15.1. The lowest BCUT2D eigenvalue weighted by Crippen LogP contribution is -2.30. The van der Waals surface area contributed by atoms with Gasteiger partial charge >= 0.3 is 5.97 Å². The highest BCUT2D eigenvalue weighted by atomic mass is 19.1. The summed E-state index contributed by atoms with van der Waals surface area (Å²) < 4.78 is 18.3. The normalized spacial score (nSPS) is 20.6. The first-order valence-corrected chi connectivity index (χ1v) is 7.19. The van der Waals surface area contributed by atoms with Gasteiger partial charge in [-0.25, -0.2) is 9.18 Å². The summed E-state index contributed by atoms with van der Waals surface area (Å²) in [5.41, 5.74) is 1.11. The number of rotatable bonds is 3. The molecule has 3 rings (SSSR count). The summed E-state index contributed by atoms with van der Waals surface area (Å²) in [5, 5.41) is 0. The van der Waals surface area contributed by atoms with Crippen LogP contribution in [0, 0.1) is 5.82 Å². The van der Waals surface area contributed by atoms with Gasteiger partial charge in [0.05, 0.1) is 11.6 Å². The number of pyridine rings is 1. The minimum absolute atomic E-state index is 0.241. The van der Waals surface area contributed by atoms with Gasteiger partial charge in [0, 0.05) is 25.9 Å². The highest BCUT2D eigenvalue weighted by Crippen LogP contribution is 2.33. The molecule has 0 saturated carbocycles. The summed E-state index contributed by atoms with van der Waals surface area (Å²) in [5.74, 6) is -1.18. The number of hydrogen-bond acceptors (Lipinski definition) is 4. The van der Waals surface area contributed by atoms with Gasteiger partial charge in [-0.2, -0.15) is 0 Å². The van der Waals surface area contributed by atoms with Crippen LogP contribution in [0.3, 0.4) is 0 Å². The molecule has 1 aromatic heterocycles. The molecule has 2 aromatic rings. The van der Waals surface area contributed by atoms with Gasteiger partial charge < -0.3 is 9.64 Å². The fourth-order valence-electron chi connectivity index (χ4n) is 2.67. The molecule has 0 N–H and O–H groups in total. The zero-order chi connectivity index (χ0) is 16.4. The molecule has 0 radical (unpaired) electrons. The van der Waals surface area contributed by atoms with E-state index in [0.717, 1.165) is 5.56 Å². The van der Waals surface area contributed by atoms with Gasteiger partial charge in [0.25, 0.3) is 5.91 Å². The molecule has 6 heteroatoms. The SMILES string of the molecule is CN1C(=O)[C@@H](OC(=O)c2cccnc2)C[C@H]1c1ccc(F)cc1. The van der Waals surface area contributed by atoms with Gasteiger partial charge in [0.15, 0.2) is 6.10 Å². The summed E-state index contributed by atoms with van der Waals surface area (Å²) in [4.78, 5) is 29.7. The smallest absolute Gasteiger partial charge is 0.340 e. The van der Waals surface area contributed by atoms with Crippen LogP contribution in [0.25, 0.3) is 0 Å². The Labute approximate surface area is 132 Å². The second-order valence-electron chi connectivity index (χ2n) is 5.39. The van der Waals surface area contributed by atoms with Crippen molar-refractivity contribution in [2.45, 2.75) is 18.6 Å². The van der Waals surface area contributed by atoms with Crippen molar-refractivity contribution in [2.24, 2.45) is 0 Å². The maximum atomic E-state index is 13.0. The number of carbonyl (C=O) groups excluding carboxylic acids is 2. The summed E-state index contributed by atoms with van der Waals surface area (Å²) in [6.07, 6.45) is 2.44. The Morgan fingerprint density at radius 1 is 1.30 bits per heavy atom. The molecule has 0 spiro atoms. The standard InChI is InChI=1S/C17H15FN2O3/c1-20-14(11-4-6-13(18)7-5-11)9-15(16(20)21)23-17(22)12-3-2-8-19-10-12/h2-8,10,14-15H,9H2,1H3/t14-,15-/m0/s1. The molecule has 5 nitrogen and oxygen atoms in total. The van der Waals surface area contributed by atoms with Crippen molar-refractivity contribution in [1.29, 1.82) is 0 Å². The molecule has 0 bridgehead atoms. The Hall–Kier alpha value is -2.76. The van der Waals surface area contributed by atoms with Crippen molar-refractivity contribution in [2.75, 3.05) is 7.05 Å². The summed E-state index contributed by atoms with van der Waals surface area (Å²) in [6.45, 7) is 0. The number of amides is 1. The lowest BCUT2D eigenvalue weighted by molar-refractivity contribution is -0.134. The molecule has 1 fully saturated rings. The summed E-state index contributed by atoms with van der Waals surface area (Å²) in [7, 11) is 1.65. The van der Waals surface area contributed by atoms with Gasteiger partial charge in [-0.05, 0) is 29.8 Å². The highest BCUT2D eigenvalue weighted by Gasteiger charge is 2.40. The van der Waals surface area contributed by atoms with E-state index in [0.29, 0.717) is 12.0 Å². The maximum Gasteiger partial charge on any atom is 0.340 e. The number of esters is 1. The van der Waals surface area contributed by atoms with Crippen molar-refractivity contribution >= 4 is 11.9 Å². The molecule has 2 heterocycles. The third-order valence-electron chi connectivity index (χ3n) is 3.93. The van der Waals surface area contributed by atoms with Crippen LogP contribution in [0.1, 0.15) is 28.4 Å². The molecule has 1 aliphatic heterocycles. The van der Waals surface area contributed by atoms with E-state index in [1.807, 2.05) is 0 Å². The minimum Gasteiger partial charge on any atom is -0.449 e. The van der Waals surface area contributed by atoms with E-state index in [2.05, 4.69) is 4.98 Å². The van der Waals surface area contributed by atoms with Crippen molar-refractivity contribution in [1.82, 2.24) is 9.88 Å². The number of likely N-dealkylation sites (N-methyl/N-ethyl adjacent to an activating group) is 1. The number of aromatic nitrogens is 1. The van der Waals surface area contributed by atoms with Gasteiger partial charge in [0.1, 0.15) is 5.82 Å². The zero-order valence-electron chi connectivity index (χ0n) is 12.5. The Balaban J connectivity index is 1.74. The molecule has 23 heavy (non-hydrogen) atoms. The Kier molecular flexibility index (Phi) is 4.06. The molecular formula is C17H15FN2O3. The van der Waals surface area contributed by atoms with Crippen LogP contribution in [0.5, 0.6) is 0 Å². The fraction of sp³-hybridized carbons (Fsp3) is 0.235. The molecule has 1 saturated heterocycles. The van der Waals surface area contributed by atoms with Gasteiger partial charge in [0.2, 0.25) is 0 Å². The predicted molar refractivity (Wildman–Crippen MR) is 80.0 cm³/mol. The predicted octanol–water partition coefficient (Wildman–Crippen LogP) is 2.35. The van der Waals surface area contributed by atoms with Crippen molar-refractivity contribution in [3.63, 3.8) is 0 Å². The lowest BCUT2D eigenvalue weighted by atomic mass is 10.0. The maximum absolute atomic E-state index is 13.0. The zero-order valence-corrected chi connectivity index (χ0v) is 12.5. The number of ether oxygens (including phenoxy) is 1. The van der Waals surface area contributed by atoms with E-state index in [-0.39, 0.29) is 17.8 Å². The van der Waals surface area contributed by atoms with Crippen molar-refractivity contribution in [3.8, 4) is 0 Å². The number of carbonyl (C=O) groups is 2. The van der Waals surface area contributed by atoms with Crippen LogP contribution in [0.15, 0.2) is 48.8 Å². The number of likely N-dealkylation sites (tertiary alicyclic amines) is 1. The number of halogens is 1. The topological polar surface area (TPSA) is 59.5 Å². The third kappa shape index (κ3) is 3.06. The van der Waals surface area contributed by atoms with Crippen LogP contribution >= 0.6 is 0 Å². The highest BCUT2D eigenvalue weighted by molar-refractivity contribution is 5.92. The number of nitrogens with zero attached hydrogens (tertiary/aromatic N) is 2. The lowest BCUT2D eigenvalue weighted by Gasteiger charge is -2.19. The van der Waals surface area contributed by atoms with Crippen molar-refractivity contribution in [3.05, 3.63) is 65.7 Å². The molecule has 1 aliphatic rings. The van der Waals surface area contributed by atoms with E-state index in [4.69, 9.17) is 4.74 Å². The van der Waals surface area contributed by atoms with Crippen LogP contribution < -0.4 is 0 Å². The van der Waals surface area contributed by atoms with Crippen LogP contribution in [0.4, 0.5) is 4.39 Å². The van der Waals surface area contributed by atoms with E-state index < -0.39 is 12.1 Å². The van der Waals surface area contributed by atoms with Gasteiger partial charge in [-0.1, -0.05) is 12.1 Å². The number of benzene rings is 1. The molecule has 2 atom stereocenters. The van der Waals surface area contributed by atoms with Crippen molar-refractivity contribution < 1.29 is 18.7 Å². The minimum atomic E-state index is -0.845. The second-order valence-corrected chi connectivity index (χ2v) is 5.39. The summed E-state index contributed by atoms with van der Waals surface area (Å²) >= 11 is 0. The first-order valence-electron chi connectivity index (χ1n) is 7.19. The molecule has 118 valence electrons. The van der Waals surface area contributed by atoms with Crippen LogP contribution in [-0.4, -0.2) is 34.9 Å². The quantitative estimate of drug-likeness (QED) is 0.816. The largest absolute Gasteiger partial charge is 0.449 e. The average Bonchev–Trinajstić information content (AvgIpc) is 2.85.